The predicted octanol–water partition coefficient (Wildman–Crippen LogP) is 5.25. The highest BCUT2D eigenvalue weighted by atomic mass is 16.6. The van der Waals surface area contributed by atoms with E-state index in [2.05, 4.69) is 20.8 Å². The summed E-state index contributed by atoms with van der Waals surface area (Å²) in [5.74, 6) is 0.438. The zero-order valence-electron chi connectivity index (χ0n) is 24.8. The summed E-state index contributed by atoms with van der Waals surface area (Å²) in [5, 5.41) is 0. The van der Waals surface area contributed by atoms with Crippen LogP contribution in [-0.4, -0.2) is 49.3 Å². The third-order valence-corrected chi connectivity index (χ3v) is 11.4. The lowest BCUT2D eigenvalue weighted by atomic mass is 9.43. The Morgan fingerprint density at radius 1 is 0.846 bits per heavy atom. The number of esters is 4. The van der Waals surface area contributed by atoms with Gasteiger partial charge in [0.15, 0.2) is 0 Å². The predicted molar refractivity (Wildman–Crippen MR) is 143 cm³/mol. The Hall–Kier alpha value is -2.12. The monoisotopic (exact) mass is 548 g/mol. The maximum absolute atomic E-state index is 12.5. The van der Waals surface area contributed by atoms with E-state index in [0.29, 0.717) is 6.42 Å². The quantitative estimate of drug-likeness (QED) is 0.314. The van der Waals surface area contributed by atoms with Gasteiger partial charge in [-0.25, -0.2) is 0 Å². The Morgan fingerprint density at radius 2 is 1.51 bits per heavy atom. The van der Waals surface area contributed by atoms with Gasteiger partial charge in [-0.2, -0.15) is 0 Å². The van der Waals surface area contributed by atoms with Crippen molar-refractivity contribution in [2.75, 3.05) is 7.11 Å². The van der Waals surface area contributed by atoms with Gasteiger partial charge in [0.1, 0.15) is 18.3 Å². The number of carbonyl (C=O) groups excluding carboxylic acids is 4. The Kier molecular flexibility index (Phi) is 8.73. The first-order valence-electron chi connectivity index (χ1n) is 14.9. The van der Waals surface area contributed by atoms with E-state index in [1.54, 1.807) is 0 Å². The second kappa shape index (κ2) is 11.4. The van der Waals surface area contributed by atoms with E-state index in [1.807, 2.05) is 0 Å². The molecule has 0 aromatic rings. The molecule has 0 radical (unpaired) electrons. The molecule has 4 fully saturated rings. The molecule has 0 bridgehead atoms. The van der Waals surface area contributed by atoms with Gasteiger partial charge in [-0.15, -0.1) is 0 Å². The molecule has 11 atom stereocenters. The minimum absolute atomic E-state index is 0.0215. The molecule has 0 saturated heterocycles. The molecule has 0 aromatic heterocycles. The molecule has 0 heterocycles. The second-order valence-electron chi connectivity index (χ2n) is 13.4. The molecule has 0 aliphatic heterocycles. The number of ether oxygens (including phenoxy) is 4. The van der Waals surface area contributed by atoms with E-state index in [9.17, 15) is 19.2 Å². The Bertz CT molecular complexity index is 962. The summed E-state index contributed by atoms with van der Waals surface area (Å²) in [6.45, 7) is 11.3. The minimum Gasteiger partial charge on any atom is -0.469 e. The molecule has 0 unspecified atom stereocenters. The standard InChI is InChI=1S/C31H48O8/c1-17(8-11-28(35)36-7)23-9-10-24-29-25(16-27(31(23,24)6)39-20(4)34)30(5)13-12-22(37-18(2)32)14-21(30)15-26(29)38-19(3)33/h17,21-27,29H,8-16H2,1-7H3/t17-,21+,22-,23-,24+,25+,26+,27+,29+,30+,31-/m1/s1. The largest absolute Gasteiger partial charge is 0.469 e. The molecule has 0 N–H and O–H groups in total. The molecular formula is C31H48O8. The van der Waals surface area contributed by atoms with E-state index in [4.69, 9.17) is 18.9 Å². The smallest absolute Gasteiger partial charge is 0.305 e. The number of carbonyl (C=O) groups is 4. The van der Waals surface area contributed by atoms with E-state index >= 15 is 0 Å². The molecule has 0 amide bonds. The number of hydrogen-bond acceptors (Lipinski definition) is 8. The summed E-state index contributed by atoms with van der Waals surface area (Å²) in [6, 6.07) is 0. The summed E-state index contributed by atoms with van der Waals surface area (Å²) in [5.41, 5.74) is -0.300. The van der Waals surface area contributed by atoms with Gasteiger partial charge in [-0.3, -0.25) is 19.2 Å². The van der Waals surface area contributed by atoms with Gasteiger partial charge in [0.25, 0.3) is 0 Å². The number of rotatable bonds is 7. The summed E-state index contributed by atoms with van der Waals surface area (Å²) in [4.78, 5) is 48.5. The summed E-state index contributed by atoms with van der Waals surface area (Å²) < 4.78 is 22.8. The summed E-state index contributed by atoms with van der Waals surface area (Å²) in [7, 11) is 1.42. The first kappa shape index (κ1) is 29.9. The molecule has 0 aromatic carbocycles. The van der Waals surface area contributed by atoms with Crippen molar-refractivity contribution in [1.29, 1.82) is 0 Å². The number of methoxy groups -OCH3 is 1. The number of fused-ring (bicyclic) bond motifs is 5. The van der Waals surface area contributed by atoms with E-state index in [-0.39, 0.29) is 88.5 Å². The lowest BCUT2D eigenvalue weighted by Crippen LogP contribution is -2.63. The maximum Gasteiger partial charge on any atom is 0.305 e. The number of hydrogen-bond donors (Lipinski definition) is 0. The van der Waals surface area contributed by atoms with Crippen molar-refractivity contribution in [2.24, 2.45) is 46.3 Å². The highest BCUT2D eigenvalue weighted by Gasteiger charge is 2.67. The van der Waals surface area contributed by atoms with Crippen LogP contribution in [0.15, 0.2) is 0 Å². The van der Waals surface area contributed by atoms with Crippen molar-refractivity contribution in [2.45, 2.75) is 118 Å². The molecular weight excluding hydrogens is 500 g/mol. The second-order valence-corrected chi connectivity index (χ2v) is 13.4. The van der Waals surface area contributed by atoms with Gasteiger partial charge in [0, 0.05) is 38.5 Å². The van der Waals surface area contributed by atoms with Crippen LogP contribution < -0.4 is 0 Å². The van der Waals surface area contributed by atoms with Crippen LogP contribution >= 0.6 is 0 Å². The van der Waals surface area contributed by atoms with Gasteiger partial charge in [-0.1, -0.05) is 20.8 Å². The summed E-state index contributed by atoms with van der Waals surface area (Å²) in [6.07, 6.45) is 6.53. The molecule has 8 nitrogen and oxygen atoms in total. The third kappa shape index (κ3) is 5.58. The molecule has 220 valence electrons. The van der Waals surface area contributed by atoms with Crippen molar-refractivity contribution in [3.63, 3.8) is 0 Å². The van der Waals surface area contributed by atoms with Gasteiger partial charge in [0.05, 0.1) is 7.11 Å². The van der Waals surface area contributed by atoms with E-state index in [0.717, 1.165) is 51.4 Å². The molecule has 4 saturated carbocycles. The van der Waals surface area contributed by atoms with Crippen molar-refractivity contribution in [3.05, 3.63) is 0 Å². The first-order chi connectivity index (χ1) is 18.3. The van der Waals surface area contributed by atoms with Crippen LogP contribution in [0.1, 0.15) is 99.3 Å². The average Bonchev–Trinajstić information content (AvgIpc) is 3.20. The van der Waals surface area contributed by atoms with E-state index in [1.165, 1.54) is 27.9 Å². The van der Waals surface area contributed by atoms with Crippen LogP contribution in [0.3, 0.4) is 0 Å². The van der Waals surface area contributed by atoms with Gasteiger partial charge in [-0.05, 0) is 86.4 Å². The van der Waals surface area contributed by atoms with Crippen LogP contribution in [0.5, 0.6) is 0 Å². The fourth-order valence-electron chi connectivity index (χ4n) is 9.77. The molecule has 4 aliphatic carbocycles. The highest BCUT2D eigenvalue weighted by Crippen LogP contribution is 2.69. The molecule has 39 heavy (non-hydrogen) atoms. The van der Waals surface area contributed by atoms with Gasteiger partial charge >= 0.3 is 23.9 Å². The van der Waals surface area contributed by atoms with Gasteiger partial charge < -0.3 is 18.9 Å². The Morgan fingerprint density at radius 3 is 2.13 bits per heavy atom. The van der Waals surface area contributed by atoms with Crippen LogP contribution in [0.4, 0.5) is 0 Å². The van der Waals surface area contributed by atoms with Crippen molar-refractivity contribution in [3.8, 4) is 0 Å². The molecule has 4 aliphatic rings. The molecule has 8 heteroatoms. The van der Waals surface area contributed by atoms with Crippen LogP contribution in [0, 0.1) is 46.3 Å². The minimum atomic E-state index is -0.279. The normalized spacial score (nSPS) is 41.7. The van der Waals surface area contributed by atoms with Crippen molar-refractivity contribution < 1.29 is 38.1 Å². The van der Waals surface area contributed by atoms with E-state index < -0.39 is 0 Å². The maximum atomic E-state index is 12.5. The van der Waals surface area contributed by atoms with Crippen molar-refractivity contribution >= 4 is 23.9 Å². The SMILES string of the molecule is COC(=O)CC[C@@H](C)[C@H]1CC[C@H]2[C@@H]3[C@@H](OC(C)=O)C[C@@H]4C[C@H](OC(C)=O)CC[C@]4(C)[C@H]3C[C@H](OC(C)=O)[C@]12C. The van der Waals surface area contributed by atoms with Crippen molar-refractivity contribution in [1.82, 2.24) is 0 Å². The van der Waals surface area contributed by atoms with Crippen LogP contribution in [-0.2, 0) is 38.1 Å². The topological polar surface area (TPSA) is 105 Å². The lowest BCUT2D eigenvalue weighted by Gasteiger charge is -2.64. The molecule has 4 rings (SSSR count). The highest BCUT2D eigenvalue weighted by molar-refractivity contribution is 5.69. The van der Waals surface area contributed by atoms with Crippen LogP contribution in [0.2, 0.25) is 0 Å². The molecule has 0 spiro atoms. The first-order valence-corrected chi connectivity index (χ1v) is 14.9. The Labute approximate surface area is 233 Å². The third-order valence-electron chi connectivity index (χ3n) is 11.4. The fraction of sp³-hybridized carbons (Fsp3) is 0.871. The zero-order valence-corrected chi connectivity index (χ0v) is 24.8. The summed E-state index contributed by atoms with van der Waals surface area (Å²) >= 11 is 0. The fourth-order valence-corrected chi connectivity index (χ4v) is 9.77. The van der Waals surface area contributed by atoms with Gasteiger partial charge in [0.2, 0.25) is 0 Å². The average molecular weight is 549 g/mol. The van der Waals surface area contributed by atoms with Crippen LogP contribution in [0.25, 0.3) is 0 Å². The Balaban J connectivity index is 1.70. The lowest BCUT2D eigenvalue weighted by molar-refractivity contribution is -0.224. The zero-order chi connectivity index (χ0) is 28.7.